The predicted octanol–water partition coefficient (Wildman–Crippen LogP) is 2.25. The second kappa shape index (κ2) is 4.76. The molecule has 1 aliphatic carbocycles. The molecule has 2 aromatic heterocycles. The quantitative estimate of drug-likeness (QED) is 0.845. The molecule has 94 valence electrons. The van der Waals surface area contributed by atoms with Gasteiger partial charge in [0, 0.05) is 12.1 Å². The minimum absolute atomic E-state index is 0.606. The second-order valence-corrected chi connectivity index (χ2v) is 4.68. The molecule has 5 nitrogen and oxygen atoms in total. The maximum absolute atomic E-state index is 4.42. The molecule has 0 saturated heterocycles. The maximum atomic E-state index is 4.42. The van der Waals surface area contributed by atoms with E-state index < -0.39 is 0 Å². The lowest BCUT2D eigenvalue weighted by Gasteiger charge is -2.02. The number of nitrogens with one attached hydrogen (secondary N) is 2. The first kappa shape index (κ1) is 11.2. The van der Waals surface area contributed by atoms with E-state index in [-0.39, 0.29) is 0 Å². The highest BCUT2D eigenvalue weighted by atomic mass is 15.3. The summed E-state index contributed by atoms with van der Waals surface area (Å²) in [5.74, 6) is 2.28. The Hall–Kier alpha value is -1.91. The van der Waals surface area contributed by atoms with Gasteiger partial charge in [-0.3, -0.25) is 10.1 Å². The first-order valence-corrected chi connectivity index (χ1v) is 6.45. The molecule has 0 atom stereocenters. The average molecular weight is 243 g/mol. The van der Waals surface area contributed by atoms with Gasteiger partial charge in [-0.1, -0.05) is 13.0 Å². The van der Waals surface area contributed by atoms with Crippen LogP contribution in [0.2, 0.25) is 0 Å². The van der Waals surface area contributed by atoms with Crippen LogP contribution in [-0.2, 0) is 13.0 Å². The van der Waals surface area contributed by atoms with E-state index in [1.807, 2.05) is 12.3 Å². The van der Waals surface area contributed by atoms with Crippen molar-refractivity contribution in [3.8, 4) is 0 Å². The van der Waals surface area contributed by atoms with E-state index in [4.69, 9.17) is 0 Å². The molecule has 2 N–H and O–H groups in total. The van der Waals surface area contributed by atoms with Gasteiger partial charge in [0.25, 0.3) is 0 Å². The molecule has 18 heavy (non-hydrogen) atoms. The standard InChI is InChI=1S/C13H17N5/c1-2-9-3-6-11(14-7-9)8-15-13-16-12(17-18-13)10-4-5-10/h3,6-7,10H,2,4-5,8H2,1H3,(H2,15,16,17,18). The van der Waals surface area contributed by atoms with Crippen LogP contribution in [-0.4, -0.2) is 20.2 Å². The zero-order chi connectivity index (χ0) is 12.4. The Bertz CT molecular complexity index is 512. The highest BCUT2D eigenvalue weighted by Gasteiger charge is 2.27. The fraction of sp³-hybridized carbons (Fsp3) is 0.462. The summed E-state index contributed by atoms with van der Waals surface area (Å²) in [6.45, 7) is 2.79. The molecule has 0 amide bonds. The lowest BCUT2D eigenvalue weighted by Crippen LogP contribution is -2.03. The zero-order valence-electron chi connectivity index (χ0n) is 10.5. The summed E-state index contributed by atoms with van der Waals surface area (Å²) in [6, 6.07) is 4.15. The van der Waals surface area contributed by atoms with Crippen LogP contribution >= 0.6 is 0 Å². The van der Waals surface area contributed by atoms with Crippen LogP contribution in [0.1, 0.15) is 42.8 Å². The van der Waals surface area contributed by atoms with E-state index in [0.29, 0.717) is 18.4 Å². The van der Waals surface area contributed by atoms with Crippen LogP contribution in [0.15, 0.2) is 18.3 Å². The van der Waals surface area contributed by atoms with E-state index in [0.717, 1.165) is 17.9 Å². The molecule has 2 aromatic rings. The number of aryl methyl sites for hydroxylation is 1. The van der Waals surface area contributed by atoms with Crippen LogP contribution in [0.5, 0.6) is 0 Å². The highest BCUT2D eigenvalue weighted by Crippen LogP contribution is 2.38. The topological polar surface area (TPSA) is 66.5 Å². The van der Waals surface area contributed by atoms with Crippen LogP contribution in [0.3, 0.4) is 0 Å². The molecule has 3 rings (SSSR count). The van der Waals surface area contributed by atoms with Crippen LogP contribution in [0, 0.1) is 0 Å². The molecule has 0 spiro atoms. The number of H-pyrrole nitrogens is 1. The fourth-order valence-corrected chi connectivity index (χ4v) is 1.83. The van der Waals surface area contributed by atoms with Crippen molar-refractivity contribution < 1.29 is 0 Å². The number of rotatable bonds is 5. The van der Waals surface area contributed by atoms with Gasteiger partial charge >= 0.3 is 0 Å². The zero-order valence-corrected chi connectivity index (χ0v) is 10.5. The number of aromatic nitrogens is 4. The van der Waals surface area contributed by atoms with E-state index in [9.17, 15) is 0 Å². The summed E-state index contributed by atoms with van der Waals surface area (Å²) < 4.78 is 0. The number of nitrogens with zero attached hydrogens (tertiary/aromatic N) is 3. The van der Waals surface area contributed by atoms with Gasteiger partial charge in [-0.15, -0.1) is 5.10 Å². The number of pyridine rings is 1. The Labute approximate surface area is 106 Å². The third-order valence-corrected chi connectivity index (χ3v) is 3.19. The molecule has 0 radical (unpaired) electrons. The Morgan fingerprint density at radius 2 is 2.28 bits per heavy atom. The smallest absolute Gasteiger partial charge is 0.242 e. The summed E-state index contributed by atoms with van der Waals surface area (Å²) in [4.78, 5) is 8.81. The molecule has 5 heteroatoms. The van der Waals surface area contributed by atoms with E-state index in [1.54, 1.807) is 0 Å². The SMILES string of the molecule is CCc1ccc(CNc2n[nH]c(C3CC3)n2)nc1. The minimum Gasteiger partial charge on any atom is -0.347 e. The number of hydrogen-bond acceptors (Lipinski definition) is 4. The Morgan fingerprint density at radius 1 is 1.39 bits per heavy atom. The Morgan fingerprint density at radius 3 is 2.94 bits per heavy atom. The predicted molar refractivity (Wildman–Crippen MR) is 69.3 cm³/mol. The summed E-state index contributed by atoms with van der Waals surface area (Å²) in [7, 11) is 0. The normalized spacial score (nSPS) is 14.7. The lowest BCUT2D eigenvalue weighted by atomic mass is 10.2. The van der Waals surface area contributed by atoms with Gasteiger partial charge in [-0.05, 0) is 30.9 Å². The third kappa shape index (κ3) is 2.50. The minimum atomic E-state index is 0.606. The molecule has 0 aromatic carbocycles. The first-order valence-electron chi connectivity index (χ1n) is 6.45. The van der Waals surface area contributed by atoms with Crippen LogP contribution in [0.25, 0.3) is 0 Å². The molecule has 0 bridgehead atoms. The lowest BCUT2D eigenvalue weighted by molar-refractivity contribution is 0.934. The second-order valence-electron chi connectivity index (χ2n) is 4.68. The highest BCUT2D eigenvalue weighted by molar-refractivity contribution is 5.26. The summed E-state index contributed by atoms with van der Waals surface area (Å²) in [5.41, 5.74) is 2.26. The largest absolute Gasteiger partial charge is 0.347 e. The van der Waals surface area contributed by atoms with Gasteiger partial charge in [-0.2, -0.15) is 4.98 Å². The summed E-state index contributed by atoms with van der Waals surface area (Å²) in [6.07, 6.45) is 5.40. The number of hydrogen-bond donors (Lipinski definition) is 2. The van der Waals surface area contributed by atoms with Gasteiger partial charge in [-0.25, -0.2) is 0 Å². The van der Waals surface area contributed by atoms with Gasteiger partial charge in [0.15, 0.2) is 0 Å². The van der Waals surface area contributed by atoms with Crippen LogP contribution in [0.4, 0.5) is 5.95 Å². The molecule has 0 unspecified atom stereocenters. The molecular formula is C13H17N5. The molecule has 1 fully saturated rings. The maximum Gasteiger partial charge on any atom is 0.242 e. The van der Waals surface area contributed by atoms with Gasteiger partial charge < -0.3 is 5.32 Å². The fourth-order valence-electron chi connectivity index (χ4n) is 1.83. The van der Waals surface area contributed by atoms with E-state index in [1.165, 1.54) is 18.4 Å². The molecule has 2 heterocycles. The number of aromatic amines is 1. The molecule has 0 aliphatic heterocycles. The average Bonchev–Trinajstić information content (AvgIpc) is 3.16. The van der Waals surface area contributed by atoms with E-state index >= 15 is 0 Å². The van der Waals surface area contributed by atoms with Crippen molar-refractivity contribution in [2.24, 2.45) is 0 Å². The molecular weight excluding hydrogens is 226 g/mol. The molecule has 1 aliphatic rings. The summed E-state index contributed by atoms with van der Waals surface area (Å²) in [5, 5.41) is 10.3. The van der Waals surface area contributed by atoms with Crippen LogP contribution < -0.4 is 5.32 Å². The van der Waals surface area contributed by atoms with Crippen molar-refractivity contribution in [1.82, 2.24) is 20.2 Å². The number of anilines is 1. The summed E-state index contributed by atoms with van der Waals surface area (Å²) >= 11 is 0. The van der Waals surface area contributed by atoms with Crippen molar-refractivity contribution in [2.45, 2.75) is 38.6 Å². The Balaban J connectivity index is 1.58. The van der Waals surface area contributed by atoms with Crippen molar-refractivity contribution in [1.29, 1.82) is 0 Å². The Kier molecular flexibility index (Phi) is 2.96. The van der Waals surface area contributed by atoms with E-state index in [2.05, 4.69) is 38.5 Å². The monoisotopic (exact) mass is 243 g/mol. The van der Waals surface area contributed by atoms with Crippen molar-refractivity contribution in [3.63, 3.8) is 0 Å². The van der Waals surface area contributed by atoms with Gasteiger partial charge in [0.2, 0.25) is 5.95 Å². The van der Waals surface area contributed by atoms with Crippen molar-refractivity contribution >= 4 is 5.95 Å². The van der Waals surface area contributed by atoms with Crippen molar-refractivity contribution in [3.05, 3.63) is 35.4 Å². The molecule has 1 saturated carbocycles. The van der Waals surface area contributed by atoms with Gasteiger partial charge in [0.1, 0.15) is 5.82 Å². The first-order chi connectivity index (χ1) is 8.85. The van der Waals surface area contributed by atoms with Gasteiger partial charge in [0.05, 0.1) is 12.2 Å². The van der Waals surface area contributed by atoms with Crippen molar-refractivity contribution in [2.75, 3.05) is 5.32 Å². The third-order valence-electron chi connectivity index (χ3n) is 3.19.